The lowest BCUT2D eigenvalue weighted by Gasteiger charge is -2.09. The highest BCUT2D eigenvalue weighted by atomic mass is 79.9. The number of rotatable bonds is 4. The summed E-state index contributed by atoms with van der Waals surface area (Å²) in [6, 6.07) is 10.1. The van der Waals surface area contributed by atoms with Gasteiger partial charge in [0, 0.05) is 15.8 Å². The first-order chi connectivity index (χ1) is 8.19. The van der Waals surface area contributed by atoms with Crippen molar-refractivity contribution in [3.05, 3.63) is 50.7 Å². The first kappa shape index (κ1) is 12.9. The third-order valence-corrected chi connectivity index (χ3v) is 4.17. The summed E-state index contributed by atoms with van der Waals surface area (Å²) < 4.78 is 6.60. The molecule has 2 aromatic rings. The number of ether oxygens (including phenoxy) is 1. The molecule has 0 N–H and O–H groups in total. The third kappa shape index (κ3) is 3.47. The fourth-order valence-electron chi connectivity index (χ4n) is 1.53. The van der Waals surface area contributed by atoms with E-state index in [0.717, 1.165) is 20.3 Å². The van der Waals surface area contributed by atoms with Gasteiger partial charge in [-0.2, -0.15) is 0 Å². The Bertz CT molecular complexity index is 510. The van der Waals surface area contributed by atoms with Gasteiger partial charge in [-0.3, -0.25) is 0 Å². The lowest BCUT2D eigenvalue weighted by atomic mass is 10.1. The van der Waals surface area contributed by atoms with E-state index in [1.807, 2.05) is 18.2 Å². The van der Waals surface area contributed by atoms with Crippen molar-refractivity contribution in [2.75, 3.05) is 0 Å². The molecule has 0 amide bonds. The Kier molecular flexibility index (Phi) is 4.48. The fourth-order valence-corrected chi connectivity index (χ4v) is 2.97. The maximum atomic E-state index is 5.88. The van der Waals surface area contributed by atoms with Gasteiger partial charge in [0.25, 0.3) is 0 Å². The van der Waals surface area contributed by atoms with Crippen LogP contribution < -0.4 is 4.74 Å². The molecule has 0 saturated carbocycles. The number of benzene rings is 1. The quantitative estimate of drug-likeness (QED) is 0.701. The Morgan fingerprint density at radius 2 is 2.12 bits per heavy atom. The predicted octanol–water partition coefficient (Wildman–Crippen LogP) is 5.18. The molecule has 0 saturated heterocycles. The van der Waals surface area contributed by atoms with Gasteiger partial charge in [0.15, 0.2) is 0 Å². The fraction of sp³-hybridized carbons (Fsp3) is 0.231. The molecule has 17 heavy (non-hydrogen) atoms. The molecule has 90 valence electrons. The second-order valence-corrected chi connectivity index (χ2v) is 6.10. The highest BCUT2D eigenvalue weighted by Crippen LogP contribution is 2.26. The van der Waals surface area contributed by atoms with E-state index in [9.17, 15) is 0 Å². The molecule has 0 aliphatic carbocycles. The molecule has 1 nitrogen and oxygen atoms in total. The predicted molar refractivity (Wildman–Crippen MR) is 77.5 cm³/mol. The van der Waals surface area contributed by atoms with Gasteiger partial charge < -0.3 is 4.74 Å². The van der Waals surface area contributed by atoms with E-state index in [-0.39, 0.29) is 0 Å². The molecule has 0 radical (unpaired) electrons. The van der Waals surface area contributed by atoms with E-state index in [0.29, 0.717) is 6.61 Å². The second-order valence-electron chi connectivity index (χ2n) is 3.74. The summed E-state index contributed by atoms with van der Waals surface area (Å²) in [5.74, 6) is 0.928. The maximum absolute atomic E-state index is 5.88. The van der Waals surface area contributed by atoms with Crippen LogP contribution in [0.15, 0.2) is 30.3 Å². The Labute approximate surface area is 119 Å². The number of aryl methyl sites for hydroxylation is 1. The molecule has 0 aliphatic heterocycles. The minimum atomic E-state index is 0.570. The average molecular weight is 332 g/mol. The van der Waals surface area contributed by atoms with Crippen LogP contribution in [0, 0.1) is 6.92 Å². The van der Waals surface area contributed by atoms with Crippen molar-refractivity contribution >= 4 is 38.9 Å². The topological polar surface area (TPSA) is 9.23 Å². The minimum Gasteiger partial charge on any atom is -0.488 e. The van der Waals surface area contributed by atoms with Crippen LogP contribution in [-0.4, -0.2) is 0 Å². The summed E-state index contributed by atoms with van der Waals surface area (Å²) in [5, 5.41) is 0.801. The van der Waals surface area contributed by atoms with Crippen LogP contribution in [0.4, 0.5) is 0 Å². The molecule has 2 rings (SSSR count). The van der Waals surface area contributed by atoms with Crippen LogP contribution in [0.3, 0.4) is 0 Å². The van der Waals surface area contributed by atoms with Crippen molar-refractivity contribution in [3.63, 3.8) is 0 Å². The van der Waals surface area contributed by atoms with Gasteiger partial charge >= 0.3 is 0 Å². The molecular weight excluding hydrogens is 320 g/mol. The highest BCUT2D eigenvalue weighted by molar-refractivity contribution is 9.08. The Hall–Kier alpha value is -0.510. The van der Waals surface area contributed by atoms with Crippen LogP contribution in [0.2, 0.25) is 4.34 Å². The Morgan fingerprint density at radius 1 is 1.29 bits per heavy atom. The zero-order valence-corrected chi connectivity index (χ0v) is 12.5. The Balaban J connectivity index is 2.08. The highest BCUT2D eigenvalue weighted by Gasteiger charge is 2.04. The number of thiophene rings is 1. The lowest BCUT2D eigenvalue weighted by molar-refractivity contribution is 0.307. The standard InChI is InChI=1S/C13H12BrClOS/c1-9-2-4-12(10(6-9)7-14)16-8-11-3-5-13(15)17-11/h2-6H,7-8H2,1H3. The van der Waals surface area contributed by atoms with Gasteiger partial charge in [0.05, 0.1) is 4.34 Å². The van der Waals surface area contributed by atoms with Gasteiger partial charge in [0.2, 0.25) is 0 Å². The number of alkyl halides is 1. The summed E-state index contributed by atoms with van der Waals surface area (Å²) >= 11 is 10.9. The van der Waals surface area contributed by atoms with Crippen LogP contribution in [0.1, 0.15) is 16.0 Å². The third-order valence-electron chi connectivity index (χ3n) is 2.36. The van der Waals surface area contributed by atoms with E-state index in [4.69, 9.17) is 16.3 Å². The molecule has 0 fully saturated rings. The Morgan fingerprint density at radius 3 is 2.76 bits per heavy atom. The summed E-state index contributed by atoms with van der Waals surface area (Å²) in [7, 11) is 0. The van der Waals surface area contributed by atoms with Crippen molar-refractivity contribution in [3.8, 4) is 5.75 Å². The van der Waals surface area contributed by atoms with E-state index >= 15 is 0 Å². The SMILES string of the molecule is Cc1ccc(OCc2ccc(Cl)s2)c(CBr)c1. The average Bonchev–Trinajstić information content (AvgIpc) is 2.73. The van der Waals surface area contributed by atoms with Gasteiger partial charge in [-0.25, -0.2) is 0 Å². The van der Waals surface area contributed by atoms with E-state index < -0.39 is 0 Å². The molecule has 1 aromatic heterocycles. The molecule has 0 aliphatic rings. The smallest absolute Gasteiger partial charge is 0.123 e. The van der Waals surface area contributed by atoms with Crippen LogP contribution in [0.5, 0.6) is 5.75 Å². The van der Waals surface area contributed by atoms with Crippen molar-refractivity contribution < 1.29 is 4.74 Å². The first-order valence-electron chi connectivity index (χ1n) is 5.21. The second kappa shape index (κ2) is 5.89. The van der Waals surface area contributed by atoms with E-state index in [1.165, 1.54) is 11.1 Å². The van der Waals surface area contributed by atoms with Crippen LogP contribution in [0.25, 0.3) is 0 Å². The maximum Gasteiger partial charge on any atom is 0.123 e. The molecular formula is C13H12BrClOS. The molecule has 1 heterocycles. The van der Waals surface area contributed by atoms with Crippen molar-refractivity contribution in [2.45, 2.75) is 18.9 Å². The van der Waals surface area contributed by atoms with Crippen molar-refractivity contribution in [2.24, 2.45) is 0 Å². The zero-order valence-electron chi connectivity index (χ0n) is 9.37. The summed E-state index contributed by atoms with van der Waals surface area (Å²) in [6.45, 7) is 2.65. The summed E-state index contributed by atoms with van der Waals surface area (Å²) in [5.41, 5.74) is 2.42. The normalized spacial score (nSPS) is 10.5. The van der Waals surface area contributed by atoms with Gasteiger partial charge in [-0.1, -0.05) is 45.2 Å². The van der Waals surface area contributed by atoms with Gasteiger partial charge in [-0.05, 0) is 25.1 Å². The van der Waals surface area contributed by atoms with E-state index in [1.54, 1.807) is 11.3 Å². The molecule has 0 atom stereocenters. The monoisotopic (exact) mass is 330 g/mol. The summed E-state index contributed by atoms with van der Waals surface area (Å²) in [4.78, 5) is 1.14. The first-order valence-corrected chi connectivity index (χ1v) is 7.53. The summed E-state index contributed by atoms with van der Waals surface area (Å²) in [6.07, 6.45) is 0. The molecule has 0 bridgehead atoms. The van der Waals surface area contributed by atoms with E-state index in [2.05, 4.69) is 35.0 Å². The zero-order chi connectivity index (χ0) is 12.3. The van der Waals surface area contributed by atoms with Gasteiger partial charge in [0.1, 0.15) is 12.4 Å². The number of halogens is 2. The van der Waals surface area contributed by atoms with Crippen LogP contribution in [-0.2, 0) is 11.9 Å². The molecule has 0 spiro atoms. The van der Waals surface area contributed by atoms with Crippen molar-refractivity contribution in [1.29, 1.82) is 0 Å². The van der Waals surface area contributed by atoms with Crippen LogP contribution >= 0.6 is 38.9 Å². The number of hydrogen-bond acceptors (Lipinski definition) is 2. The molecule has 4 heteroatoms. The molecule has 1 aromatic carbocycles. The minimum absolute atomic E-state index is 0.570. The molecule has 0 unspecified atom stereocenters. The largest absolute Gasteiger partial charge is 0.488 e. The van der Waals surface area contributed by atoms with Crippen molar-refractivity contribution in [1.82, 2.24) is 0 Å². The lowest BCUT2D eigenvalue weighted by Crippen LogP contribution is -1.96. The van der Waals surface area contributed by atoms with Gasteiger partial charge in [-0.15, -0.1) is 11.3 Å². The number of hydrogen-bond donors (Lipinski definition) is 0.